The molecule has 3 rings (SSSR count). The molecule has 168 valence electrons. The number of ether oxygens (including phenoxy) is 1. The molecule has 2 aromatic carbocycles. The number of anilines is 1. The standard InChI is InChI=1S/C22H26F2N2O4S/c1-3-31(28,29)19-7-4-17(5-8-19)26-12-10-16(11-13-26)25-22(27)15(2)30-18-6-9-20(23)21(24)14-18/h4-9,14-16H,3,10-13H2,1-2H3,(H,25,27). The molecule has 1 saturated heterocycles. The summed E-state index contributed by atoms with van der Waals surface area (Å²) in [6.45, 7) is 4.59. The van der Waals surface area contributed by atoms with E-state index in [0.717, 1.165) is 30.7 Å². The van der Waals surface area contributed by atoms with Gasteiger partial charge in [0.05, 0.1) is 10.6 Å². The first kappa shape index (κ1) is 23.0. The largest absolute Gasteiger partial charge is 0.481 e. The average molecular weight is 453 g/mol. The zero-order valence-electron chi connectivity index (χ0n) is 17.5. The number of hydrogen-bond acceptors (Lipinski definition) is 5. The van der Waals surface area contributed by atoms with Gasteiger partial charge < -0.3 is 15.0 Å². The maximum absolute atomic E-state index is 13.3. The molecule has 0 bridgehead atoms. The van der Waals surface area contributed by atoms with E-state index < -0.39 is 27.6 Å². The molecule has 1 fully saturated rings. The number of benzene rings is 2. The molecule has 0 radical (unpaired) electrons. The second-order valence-corrected chi connectivity index (χ2v) is 9.78. The van der Waals surface area contributed by atoms with E-state index in [-0.39, 0.29) is 23.5 Å². The van der Waals surface area contributed by atoms with Gasteiger partial charge in [-0.1, -0.05) is 6.92 Å². The zero-order valence-corrected chi connectivity index (χ0v) is 18.3. The normalized spacial score (nSPS) is 16.1. The second kappa shape index (κ2) is 9.64. The van der Waals surface area contributed by atoms with E-state index in [4.69, 9.17) is 4.74 Å². The number of hydrogen-bond donors (Lipinski definition) is 1. The Balaban J connectivity index is 1.50. The van der Waals surface area contributed by atoms with Crippen molar-refractivity contribution in [3.8, 4) is 5.75 Å². The maximum atomic E-state index is 13.3. The van der Waals surface area contributed by atoms with Crippen LogP contribution in [0.4, 0.5) is 14.5 Å². The third-order valence-corrected chi connectivity index (χ3v) is 7.11. The lowest BCUT2D eigenvalue weighted by Crippen LogP contribution is -2.48. The van der Waals surface area contributed by atoms with Gasteiger partial charge in [0.15, 0.2) is 27.6 Å². The van der Waals surface area contributed by atoms with Crippen molar-refractivity contribution in [2.75, 3.05) is 23.7 Å². The van der Waals surface area contributed by atoms with Crippen LogP contribution in [-0.4, -0.2) is 45.3 Å². The van der Waals surface area contributed by atoms with E-state index in [0.29, 0.717) is 18.0 Å². The van der Waals surface area contributed by atoms with Gasteiger partial charge in [-0.15, -0.1) is 0 Å². The number of carbonyl (C=O) groups is 1. The van der Waals surface area contributed by atoms with Crippen LogP contribution in [0.3, 0.4) is 0 Å². The highest BCUT2D eigenvalue weighted by atomic mass is 32.2. The molecule has 1 heterocycles. The lowest BCUT2D eigenvalue weighted by atomic mass is 10.0. The molecule has 0 saturated carbocycles. The number of carbonyl (C=O) groups excluding carboxylic acids is 1. The molecule has 1 aliphatic heterocycles. The SMILES string of the molecule is CCS(=O)(=O)c1ccc(N2CCC(NC(=O)C(C)Oc3ccc(F)c(F)c3)CC2)cc1. The molecule has 1 atom stereocenters. The second-order valence-electron chi connectivity index (χ2n) is 7.50. The van der Waals surface area contributed by atoms with Crippen molar-refractivity contribution in [1.82, 2.24) is 5.32 Å². The van der Waals surface area contributed by atoms with E-state index in [9.17, 15) is 22.0 Å². The molecule has 1 N–H and O–H groups in total. The third kappa shape index (κ3) is 5.72. The predicted molar refractivity (Wildman–Crippen MR) is 114 cm³/mol. The summed E-state index contributed by atoms with van der Waals surface area (Å²) in [5.74, 6) is -2.17. The van der Waals surface area contributed by atoms with Crippen LogP contribution in [-0.2, 0) is 14.6 Å². The summed E-state index contributed by atoms with van der Waals surface area (Å²) >= 11 is 0. The first-order chi connectivity index (χ1) is 14.7. The summed E-state index contributed by atoms with van der Waals surface area (Å²) in [6, 6.07) is 9.97. The highest BCUT2D eigenvalue weighted by Gasteiger charge is 2.24. The molecule has 2 aromatic rings. The van der Waals surface area contributed by atoms with E-state index in [1.54, 1.807) is 38.1 Å². The monoisotopic (exact) mass is 452 g/mol. The van der Waals surface area contributed by atoms with Crippen molar-refractivity contribution in [1.29, 1.82) is 0 Å². The fourth-order valence-corrected chi connectivity index (χ4v) is 4.32. The predicted octanol–water partition coefficient (Wildman–Crippen LogP) is 3.31. The molecule has 1 unspecified atom stereocenters. The van der Waals surface area contributed by atoms with Crippen molar-refractivity contribution in [2.45, 2.75) is 43.7 Å². The van der Waals surface area contributed by atoms with E-state index in [1.807, 2.05) is 0 Å². The molecule has 1 amide bonds. The van der Waals surface area contributed by atoms with Gasteiger partial charge in [0.1, 0.15) is 5.75 Å². The Morgan fingerprint density at radius 2 is 1.77 bits per heavy atom. The van der Waals surface area contributed by atoms with Crippen LogP contribution in [0.15, 0.2) is 47.4 Å². The quantitative estimate of drug-likeness (QED) is 0.698. The number of nitrogens with one attached hydrogen (secondary N) is 1. The van der Waals surface area contributed by atoms with E-state index in [2.05, 4.69) is 10.2 Å². The number of piperidine rings is 1. The van der Waals surface area contributed by atoms with Gasteiger partial charge in [0.2, 0.25) is 0 Å². The number of sulfone groups is 1. The Bertz CT molecular complexity index is 1020. The van der Waals surface area contributed by atoms with Crippen LogP contribution in [0.2, 0.25) is 0 Å². The van der Waals surface area contributed by atoms with Crippen LogP contribution >= 0.6 is 0 Å². The van der Waals surface area contributed by atoms with Gasteiger partial charge in [0.25, 0.3) is 5.91 Å². The smallest absolute Gasteiger partial charge is 0.260 e. The van der Waals surface area contributed by atoms with Gasteiger partial charge in [-0.2, -0.15) is 0 Å². The summed E-state index contributed by atoms with van der Waals surface area (Å²) < 4.78 is 55.6. The fourth-order valence-electron chi connectivity index (χ4n) is 3.44. The van der Waals surface area contributed by atoms with Gasteiger partial charge in [-0.05, 0) is 56.2 Å². The molecule has 0 aromatic heterocycles. The first-order valence-electron chi connectivity index (χ1n) is 10.2. The minimum absolute atomic E-state index is 0.0282. The summed E-state index contributed by atoms with van der Waals surface area (Å²) in [5, 5.41) is 2.94. The number of nitrogens with zero attached hydrogens (tertiary/aromatic N) is 1. The molecule has 6 nitrogen and oxygen atoms in total. The van der Waals surface area contributed by atoms with Crippen LogP contribution in [0.5, 0.6) is 5.75 Å². The van der Waals surface area contributed by atoms with Crippen molar-refractivity contribution in [3.05, 3.63) is 54.1 Å². The summed E-state index contributed by atoms with van der Waals surface area (Å²) in [5.41, 5.74) is 0.940. The summed E-state index contributed by atoms with van der Waals surface area (Å²) in [4.78, 5) is 14.9. The average Bonchev–Trinajstić information content (AvgIpc) is 2.77. The molecule has 1 aliphatic rings. The van der Waals surface area contributed by atoms with Gasteiger partial charge in [-0.3, -0.25) is 4.79 Å². The van der Waals surface area contributed by atoms with Gasteiger partial charge >= 0.3 is 0 Å². The Kier molecular flexibility index (Phi) is 7.15. The Hall–Kier alpha value is -2.68. The van der Waals surface area contributed by atoms with Crippen molar-refractivity contribution in [2.24, 2.45) is 0 Å². The van der Waals surface area contributed by atoms with Crippen molar-refractivity contribution in [3.63, 3.8) is 0 Å². The lowest BCUT2D eigenvalue weighted by Gasteiger charge is -2.34. The topological polar surface area (TPSA) is 75.7 Å². The zero-order chi connectivity index (χ0) is 22.6. The number of amides is 1. The van der Waals surface area contributed by atoms with Crippen LogP contribution in [0.1, 0.15) is 26.7 Å². The van der Waals surface area contributed by atoms with E-state index >= 15 is 0 Å². The van der Waals surface area contributed by atoms with Crippen LogP contribution in [0.25, 0.3) is 0 Å². The molecular weight excluding hydrogens is 426 g/mol. The van der Waals surface area contributed by atoms with Gasteiger partial charge in [0, 0.05) is 30.9 Å². The van der Waals surface area contributed by atoms with Crippen LogP contribution < -0.4 is 15.0 Å². The summed E-state index contributed by atoms with van der Waals surface area (Å²) in [7, 11) is -3.22. The molecular formula is C22H26F2N2O4S. The Morgan fingerprint density at radius 3 is 2.35 bits per heavy atom. The highest BCUT2D eigenvalue weighted by molar-refractivity contribution is 7.91. The first-order valence-corrected chi connectivity index (χ1v) is 11.8. The van der Waals surface area contributed by atoms with Crippen LogP contribution in [0, 0.1) is 11.6 Å². The highest BCUT2D eigenvalue weighted by Crippen LogP contribution is 2.23. The fraction of sp³-hybridized carbons (Fsp3) is 0.409. The number of halogens is 2. The minimum atomic E-state index is -3.22. The Morgan fingerprint density at radius 1 is 1.13 bits per heavy atom. The minimum Gasteiger partial charge on any atom is -0.481 e. The Labute approximate surface area is 181 Å². The van der Waals surface area contributed by atoms with Crippen molar-refractivity contribution < 1.29 is 26.7 Å². The number of rotatable bonds is 7. The molecule has 31 heavy (non-hydrogen) atoms. The molecule has 0 aliphatic carbocycles. The van der Waals surface area contributed by atoms with Crippen molar-refractivity contribution >= 4 is 21.4 Å². The molecule has 0 spiro atoms. The lowest BCUT2D eigenvalue weighted by molar-refractivity contribution is -0.128. The summed E-state index contributed by atoms with van der Waals surface area (Å²) in [6.07, 6.45) is 0.591. The molecule has 9 heteroatoms. The maximum Gasteiger partial charge on any atom is 0.260 e. The van der Waals surface area contributed by atoms with Gasteiger partial charge in [-0.25, -0.2) is 17.2 Å². The third-order valence-electron chi connectivity index (χ3n) is 5.36. The van der Waals surface area contributed by atoms with E-state index in [1.165, 1.54) is 6.07 Å².